The molecule has 0 saturated heterocycles. The van der Waals surface area contributed by atoms with Crippen LogP contribution in [0.25, 0.3) is 0 Å². The molecule has 2 aromatic rings. The van der Waals surface area contributed by atoms with Crippen molar-refractivity contribution < 1.29 is 23.4 Å². The van der Waals surface area contributed by atoms with Gasteiger partial charge in [-0.2, -0.15) is 0 Å². The van der Waals surface area contributed by atoms with Gasteiger partial charge in [0, 0.05) is 17.2 Å². The summed E-state index contributed by atoms with van der Waals surface area (Å²) in [5.41, 5.74) is 0.848. The Bertz CT molecular complexity index is 643. The minimum Gasteiger partial charge on any atom is -0.490 e. The fourth-order valence-corrected chi connectivity index (χ4v) is 2.08. The second kappa shape index (κ2) is 5.09. The molecule has 0 bridgehead atoms. The maximum atomic E-state index is 13.4. The second-order valence-corrected chi connectivity index (χ2v) is 4.55. The van der Waals surface area contributed by atoms with E-state index in [-0.39, 0.29) is 18.8 Å². The van der Waals surface area contributed by atoms with Crippen molar-refractivity contribution in [2.75, 3.05) is 6.61 Å². The molecule has 1 aliphatic rings. The van der Waals surface area contributed by atoms with Crippen LogP contribution >= 0.6 is 0 Å². The molecular weight excluding hydrogens is 266 g/mol. The lowest BCUT2D eigenvalue weighted by atomic mass is 10.1. The summed E-state index contributed by atoms with van der Waals surface area (Å²) in [7, 11) is 0. The van der Waals surface area contributed by atoms with Crippen LogP contribution in [0.15, 0.2) is 36.4 Å². The number of benzene rings is 2. The van der Waals surface area contributed by atoms with Crippen molar-refractivity contribution in [2.24, 2.45) is 0 Å². The standard InChI is InChI=1S/C15H12F2O3/c16-10-1-4-13(17)9(5-10)7-19-11-2-3-12-14(18)8-20-15(12)6-11/h1-6,14,18H,7-8H2. The van der Waals surface area contributed by atoms with Crippen molar-refractivity contribution >= 4 is 0 Å². The Kier molecular flexibility index (Phi) is 3.28. The number of hydrogen-bond donors (Lipinski definition) is 1. The monoisotopic (exact) mass is 278 g/mol. The molecule has 0 aromatic heterocycles. The van der Waals surface area contributed by atoms with Crippen LogP contribution in [0.1, 0.15) is 17.2 Å². The van der Waals surface area contributed by atoms with Gasteiger partial charge in [0.2, 0.25) is 0 Å². The molecule has 1 aliphatic heterocycles. The highest BCUT2D eigenvalue weighted by Gasteiger charge is 2.22. The topological polar surface area (TPSA) is 38.7 Å². The first-order valence-corrected chi connectivity index (χ1v) is 6.15. The Labute approximate surface area is 114 Å². The van der Waals surface area contributed by atoms with E-state index in [4.69, 9.17) is 9.47 Å². The summed E-state index contributed by atoms with van der Waals surface area (Å²) in [6.45, 7) is 0.141. The first kappa shape index (κ1) is 12.9. The van der Waals surface area contributed by atoms with Gasteiger partial charge in [-0.05, 0) is 30.3 Å². The van der Waals surface area contributed by atoms with E-state index < -0.39 is 17.7 Å². The number of aliphatic hydroxyl groups excluding tert-OH is 1. The van der Waals surface area contributed by atoms with Gasteiger partial charge in [-0.1, -0.05) is 0 Å². The van der Waals surface area contributed by atoms with Crippen LogP contribution in [0.2, 0.25) is 0 Å². The van der Waals surface area contributed by atoms with Gasteiger partial charge in [-0.25, -0.2) is 8.78 Å². The van der Waals surface area contributed by atoms with E-state index in [1.54, 1.807) is 18.2 Å². The molecule has 1 N–H and O–H groups in total. The summed E-state index contributed by atoms with van der Waals surface area (Å²) < 4.78 is 37.2. The van der Waals surface area contributed by atoms with Crippen LogP contribution in [0, 0.1) is 11.6 Å². The lowest BCUT2D eigenvalue weighted by Crippen LogP contribution is -1.99. The average molecular weight is 278 g/mol. The molecule has 0 saturated carbocycles. The second-order valence-electron chi connectivity index (χ2n) is 4.55. The molecule has 0 aliphatic carbocycles. The first-order valence-electron chi connectivity index (χ1n) is 6.15. The van der Waals surface area contributed by atoms with E-state index in [1.165, 1.54) is 0 Å². The summed E-state index contributed by atoms with van der Waals surface area (Å²) in [6, 6.07) is 8.21. The molecule has 104 valence electrons. The molecule has 1 unspecified atom stereocenters. The molecule has 1 heterocycles. The zero-order chi connectivity index (χ0) is 14.1. The Morgan fingerprint density at radius 1 is 1.20 bits per heavy atom. The van der Waals surface area contributed by atoms with Crippen LogP contribution in [0.4, 0.5) is 8.78 Å². The molecular formula is C15H12F2O3. The fourth-order valence-electron chi connectivity index (χ4n) is 2.08. The number of ether oxygens (including phenoxy) is 2. The van der Waals surface area contributed by atoms with Gasteiger partial charge >= 0.3 is 0 Å². The van der Waals surface area contributed by atoms with Crippen molar-refractivity contribution in [3.05, 3.63) is 59.2 Å². The number of rotatable bonds is 3. The van der Waals surface area contributed by atoms with Gasteiger partial charge in [0.15, 0.2) is 0 Å². The first-order chi connectivity index (χ1) is 9.63. The summed E-state index contributed by atoms with van der Waals surface area (Å²) in [5, 5.41) is 9.59. The molecule has 0 radical (unpaired) electrons. The Morgan fingerprint density at radius 3 is 2.90 bits per heavy atom. The predicted molar refractivity (Wildman–Crippen MR) is 67.6 cm³/mol. The van der Waals surface area contributed by atoms with E-state index in [0.29, 0.717) is 17.1 Å². The minimum atomic E-state index is -0.625. The fraction of sp³-hybridized carbons (Fsp3) is 0.200. The zero-order valence-electron chi connectivity index (χ0n) is 10.5. The molecule has 0 amide bonds. The highest BCUT2D eigenvalue weighted by Crippen LogP contribution is 2.35. The quantitative estimate of drug-likeness (QED) is 0.938. The van der Waals surface area contributed by atoms with Crippen molar-refractivity contribution in [3.8, 4) is 11.5 Å². The van der Waals surface area contributed by atoms with Crippen molar-refractivity contribution in [1.29, 1.82) is 0 Å². The van der Waals surface area contributed by atoms with Crippen LogP contribution < -0.4 is 9.47 Å². The van der Waals surface area contributed by atoms with Gasteiger partial charge in [-0.3, -0.25) is 0 Å². The Morgan fingerprint density at radius 2 is 2.05 bits per heavy atom. The van der Waals surface area contributed by atoms with Gasteiger partial charge in [-0.15, -0.1) is 0 Å². The van der Waals surface area contributed by atoms with E-state index in [1.807, 2.05) is 0 Å². The molecule has 2 aromatic carbocycles. The zero-order valence-corrected chi connectivity index (χ0v) is 10.5. The summed E-state index contributed by atoms with van der Waals surface area (Å²) in [6.07, 6.45) is -0.625. The third kappa shape index (κ3) is 2.44. The molecule has 5 heteroatoms. The smallest absolute Gasteiger partial charge is 0.130 e. The highest BCUT2D eigenvalue weighted by molar-refractivity contribution is 5.44. The maximum Gasteiger partial charge on any atom is 0.130 e. The maximum absolute atomic E-state index is 13.4. The van der Waals surface area contributed by atoms with Crippen molar-refractivity contribution in [1.82, 2.24) is 0 Å². The summed E-state index contributed by atoms with van der Waals surface area (Å²) >= 11 is 0. The largest absolute Gasteiger partial charge is 0.490 e. The van der Waals surface area contributed by atoms with Gasteiger partial charge < -0.3 is 14.6 Å². The Hall–Kier alpha value is -2.14. The van der Waals surface area contributed by atoms with Gasteiger partial charge in [0.1, 0.15) is 42.5 Å². The van der Waals surface area contributed by atoms with Crippen molar-refractivity contribution in [2.45, 2.75) is 12.7 Å². The normalized spacial score (nSPS) is 16.6. The average Bonchev–Trinajstić information content (AvgIpc) is 2.81. The van der Waals surface area contributed by atoms with E-state index in [0.717, 1.165) is 18.2 Å². The van der Waals surface area contributed by atoms with E-state index in [2.05, 4.69) is 0 Å². The molecule has 3 rings (SSSR count). The summed E-state index contributed by atoms with van der Waals surface area (Å²) in [4.78, 5) is 0. The van der Waals surface area contributed by atoms with Crippen molar-refractivity contribution in [3.63, 3.8) is 0 Å². The third-order valence-corrected chi connectivity index (χ3v) is 3.14. The van der Waals surface area contributed by atoms with Crippen LogP contribution in [0.3, 0.4) is 0 Å². The lowest BCUT2D eigenvalue weighted by molar-refractivity contribution is 0.140. The predicted octanol–water partition coefficient (Wildman–Crippen LogP) is 2.97. The van der Waals surface area contributed by atoms with Gasteiger partial charge in [0.05, 0.1) is 0 Å². The van der Waals surface area contributed by atoms with Crippen LogP contribution in [-0.2, 0) is 6.61 Å². The van der Waals surface area contributed by atoms with Crippen LogP contribution in [-0.4, -0.2) is 11.7 Å². The summed E-state index contributed by atoms with van der Waals surface area (Å²) in [5.74, 6) is 0.000802. The lowest BCUT2D eigenvalue weighted by Gasteiger charge is -2.09. The Balaban J connectivity index is 1.74. The molecule has 20 heavy (non-hydrogen) atoms. The SMILES string of the molecule is OC1COc2cc(OCc3cc(F)ccc3F)ccc21. The number of aliphatic hydroxyl groups is 1. The van der Waals surface area contributed by atoms with Gasteiger partial charge in [0.25, 0.3) is 0 Å². The molecule has 0 spiro atoms. The molecule has 0 fully saturated rings. The number of fused-ring (bicyclic) bond motifs is 1. The van der Waals surface area contributed by atoms with E-state index >= 15 is 0 Å². The molecule has 1 atom stereocenters. The highest BCUT2D eigenvalue weighted by atomic mass is 19.1. The minimum absolute atomic E-state index is 0.0784. The van der Waals surface area contributed by atoms with E-state index in [9.17, 15) is 13.9 Å². The van der Waals surface area contributed by atoms with Crippen LogP contribution in [0.5, 0.6) is 11.5 Å². The number of halogens is 2. The number of hydrogen-bond acceptors (Lipinski definition) is 3. The third-order valence-electron chi connectivity index (χ3n) is 3.14. The molecule has 3 nitrogen and oxygen atoms in total.